The van der Waals surface area contributed by atoms with Crippen molar-refractivity contribution in [1.29, 1.82) is 0 Å². The lowest BCUT2D eigenvalue weighted by Gasteiger charge is -2.16. The maximum Gasteiger partial charge on any atom is 0.573 e. The van der Waals surface area contributed by atoms with Crippen LogP contribution in [0.15, 0.2) is 6.20 Å². The molecule has 0 saturated carbocycles. The Bertz CT molecular complexity index is 405. The third-order valence-corrected chi connectivity index (χ3v) is 1.88. The highest BCUT2D eigenvalue weighted by molar-refractivity contribution is 5.47. The molecule has 0 fully saturated rings. The van der Waals surface area contributed by atoms with Crippen molar-refractivity contribution in [3.05, 3.63) is 17.5 Å². The predicted molar refractivity (Wildman–Crippen MR) is 47.2 cm³/mol. The van der Waals surface area contributed by atoms with Gasteiger partial charge in [0.2, 0.25) is 0 Å². The molecule has 1 aromatic heterocycles. The van der Waals surface area contributed by atoms with E-state index in [1.165, 1.54) is 6.92 Å². The van der Waals surface area contributed by atoms with Crippen LogP contribution in [0.1, 0.15) is 17.7 Å². The first kappa shape index (κ1) is 13.5. The summed E-state index contributed by atoms with van der Waals surface area (Å²) in [5.74, 6) is -1.55. The monoisotopic (exact) mass is 257 g/mol. The molecule has 0 aromatic carbocycles. The molecule has 0 amide bonds. The van der Waals surface area contributed by atoms with Crippen molar-refractivity contribution in [3.63, 3.8) is 0 Å². The third-order valence-electron chi connectivity index (χ3n) is 1.88. The summed E-state index contributed by atoms with van der Waals surface area (Å²) in [6.07, 6.45) is -7.31. The van der Waals surface area contributed by atoms with Gasteiger partial charge in [-0.2, -0.15) is 0 Å². The molecule has 1 heterocycles. The Morgan fingerprint density at radius 3 is 2.29 bits per heavy atom. The summed E-state index contributed by atoms with van der Waals surface area (Å²) in [7, 11) is 0.976. The summed E-state index contributed by atoms with van der Waals surface area (Å²) in [4.78, 5) is 3.41. The topological polar surface area (TPSA) is 31.4 Å². The lowest BCUT2D eigenvalue weighted by molar-refractivity contribution is -0.275. The van der Waals surface area contributed by atoms with E-state index in [2.05, 4.69) is 14.5 Å². The number of rotatable bonds is 3. The summed E-state index contributed by atoms with van der Waals surface area (Å²) >= 11 is 0. The molecule has 0 aliphatic carbocycles. The molecule has 0 bridgehead atoms. The summed E-state index contributed by atoms with van der Waals surface area (Å²) < 4.78 is 69.3. The van der Waals surface area contributed by atoms with E-state index in [1.807, 2.05) is 0 Å². The first-order valence-corrected chi connectivity index (χ1v) is 4.33. The van der Waals surface area contributed by atoms with Crippen LogP contribution in [-0.2, 0) is 0 Å². The molecular weight excluding hydrogens is 249 g/mol. The second-order valence-corrected chi connectivity index (χ2v) is 3.00. The van der Waals surface area contributed by atoms with Gasteiger partial charge in [-0.1, -0.05) is 0 Å². The molecule has 3 nitrogen and oxygen atoms in total. The largest absolute Gasteiger partial charge is 0.573 e. The summed E-state index contributed by atoms with van der Waals surface area (Å²) in [5.41, 5.74) is -0.833. The minimum Gasteiger partial charge on any atom is -0.492 e. The fourth-order valence-corrected chi connectivity index (χ4v) is 1.25. The van der Waals surface area contributed by atoms with Gasteiger partial charge in [0.1, 0.15) is 0 Å². The van der Waals surface area contributed by atoms with E-state index in [1.54, 1.807) is 0 Å². The molecule has 0 aliphatic rings. The molecule has 96 valence electrons. The molecule has 0 spiro atoms. The Kier molecular flexibility index (Phi) is 3.74. The van der Waals surface area contributed by atoms with Crippen molar-refractivity contribution in [2.75, 3.05) is 7.11 Å². The smallest absolute Gasteiger partial charge is 0.492 e. The van der Waals surface area contributed by atoms with Crippen LogP contribution in [0.2, 0.25) is 0 Å². The van der Waals surface area contributed by atoms with E-state index in [9.17, 15) is 22.0 Å². The SMILES string of the molecule is COc1c(OC(F)(F)F)cnc(C)c1C(F)F. The first-order chi connectivity index (χ1) is 7.76. The lowest BCUT2D eigenvalue weighted by atomic mass is 10.2. The quantitative estimate of drug-likeness (QED) is 0.779. The van der Waals surface area contributed by atoms with E-state index in [0.29, 0.717) is 6.20 Å². The van der Waals surface area contributed by atoms with Crippen LogP contribution < -0.4 is 9.47 Å². The fourth-order valence-electron chi connectivity index (χ4n) is 1.25. The van der Waals surface area contributed by atoms with Crippen LogP contribution in [0.5, 0.6) is 11.5 Å². The van der Waals surface area contributed by atoms with Crippen molar-refractivity contribution >= 4 is 0 Å². The summed E-state index contributed by atoms with van der Waals surface area (Å²) in [6, 6.07) is 0. The number of alkyl halides is 5. The Hall–Kier alpha value is -1.60. The van der Waals surface area contributed by atoms with Gasteiger partial charge in [0, 0.05) is 0 Å². The number of hydrogen-bond donors (Lipinski definition) is 0. The predicted octanol–water partition coefficient (Wildman–Crippen LogP) is 3.23. The van der Waals surface area contributed by atoms with Crippen molar-refractivity contribution in [2.24, 2.45) is 0 Å². The minimum atomic E-state index is -5.00. The highest BCUT2D eigenvalue weighted by Gasteiger charge is 2.34. The van der Waals surface area contributed by atoms with Gasteiger partial charge < -0.3 is 9.47 Å². The minimum absolute atomic E-state index is 0.119. The Morgan fingerprint density at radius 1 is 1.29 bits per heavy atom. The molecule has 1 rings (SSSR count). The van der Waals surface area contributed by atoms with Gasteiger partial charge in [0.05, 0.1) is 24.6 Å². The van der Waals surface area contributed by atoms with E-state index in [-0.39, 0.29) is 5.69 Å². The number of halogens is 5. The van der Waals surface area contributed by atoms with Gasteiger partial charge in [0.15, 0.2) is 11.5 Å². The van der Waals surface area contributed by atoms with Crippen LogP contribution in [0.25, 0.3) is 0 Å². The number of aryl methyl sites for hydroxylation is 1. The maximum absolute atomic E-state index is 12.6. The first-order valence-electron chi connectivity index (χ1n) is 4.33. The number of methoxy groups -OCH3 is 1. The van der Waals surface area contributed by atoms with Crippen LogP contribution in [-0.4, -0.2) is 18.5 Å². The molecule has 0 unspecified atom stereocenters. The summed E-state index contributed by atoms with van der Waals surface area (Å²) in [6.45, 7) is 1.24. The standard InChI is InChI=1S/C9H8F5NO2/c1-4-6(8(10)11)7(16-2)5(3-15-4)17-9(12,13)14/h3,8H,1-2H3. The molecule has 1 aromatic rings. The Morgan fingerprint density at radius 2 is 1.88 bits per heavy atom. The second kappa shape index (κ2) is 4.72. The zero-order valence-corrected chi connectivity index (χ0v) is 8.81. The maximum atomic E-state index is 12.6. The van der Waals surface area contributed by atoms with Gasteiger partial charge in [-0.15, -0.1) is 13.2 Å². The molecular formula is C9H8F5NO2. The third kappa shape index (κ3) is 3.18. The average molecular weight is 257 g/mol. The van der Waals surface area contributed by atoms with Gasteiger partial charge in [-0.25, -0.2) is 8.78 Å². The molecule has 0 saturated heterocycles. The second-order valence-electron chi connectivity index (χ2n) is 3.00. The molecule has 0 atom stereocenters. The zero-order valence-electron chi connectivity index (χ0n) is 8.81. The number of pyridine rings is 1. The molecule has 0 N–H and O–H groups in total. The normalized spacial score (nSPS) is 11.8. The van der Waals surface area contributed by atoms with Crippen LogP contribution in [0, 0.1) is 6.92 Å². The van der Waals surface area contributed by atoms with Crippen LogP contribution in [0.4, 0.5) is 22.0 Å². The highest BCUT2D eigenvalue weighted by Crippen LogP contribution is 2.40. The zero-order chi connectivity index (χ0) is 13.2. The van der Waals surface area contributed by atoms with Crippen LogP contribution in [0.3, 0.4) is 0 Å². The van der Waals surface area contributed by atoms with E-state index in [4.69, 9.17) is 0 Å². The average Bonchev–Trinajstić information content (AvgIpc) is 2.17. The fraction of sp³-hybridized carbons (Fsp3) is 0.444. The number of ether oxygens (including phenoxy) is 2. The van der Waals surface area contributed by atoms with Crippen molar-refractivity contribution in [3.8, 4) is 11.5 Å². The van der Waals surface area contributed by atoms with Gasteiger partial charge >= 0.3 is 6.36 Å². The van der Waals surface area contributed by atoms with Crippen LogP contribution >= 0.6 is 0 Å². The van der Waals surface area contributed by atoms with E-state index < -0.39 is 29.9 Å². The molecule has 0 aliphatic heterocycles. The Labute approximate surface area is 93.2 Å². The van der Waals surface area contributed by atoms with Gasteiger partial charge in [-0.05, 0) is 6.92 Å². The Balaban J connectivity index is 3.28. The highest BCUT2D eigenvalue weighted by atomic mass is 19.4. The molecule has 0 radical (unpaired) electrons. The van der Waals surface area contributed by atoms with Gasteiger partial charge in [-0.3, -0.25) is 4.98 Å². The summed E-state index contributed by atoms with van der Waals surface area (Å²) in [5, 5.41) is 0. The lowest BCUT2D eigenvalue weighted by Crippen LogP contribution is -2.18. The van der Waals surface area contributed by atoms with E-state index >= 15 is 0 Å². The van der Waals surface area contributed by atoms with Crippen molar-refractivity contribution < 1.29 is 31.4 Å². The number of hydrogen-bond acceptors (Lipinski definition) is 3. The molecule has 8 heteroatoms. The molecule has 17 heavy (non-hydrogen) atoms. The van der Waals surface area contributed by atoms with Crippen molar-refractivity contribution in [1.82, 2.24) is 4.98 Å². The van der Waals surface area contributed by atoms with E-state index in [0.717, 1.165) is 7.11 Å². The van der Waals surface area contributed by atoms with Gasteiger partial charge in [0.25, 0.3) is 6.43 Å². The van der Waals surface area contributed by atoms with Crippen molar-refractivity contribution in [2.45, 2.75) is 19.7 Å². The number of aromatic nitrogens is 1. The number of nitrogens with zero attached hydrogens (tertiary/aromatic N) is 1.